The van der Waals surface area contributed by atoms with Gasteiger partial charge in [0, 0.05) is 17.2 Å². The van der Waals surface area contributed by atoms with Gasteiger partial charge in [-0.25, -0.2) is 0 Å². The molecule has 0 atom stereocenters. The van der Waals surface area contributed by atoms with Crippen molar-refractivity contribution in [3.05, 3.63) is 62.7 Å². The van der Waals surface area contributed by atoms with E-state index < -0.39 is 10.8 Å². The molecule has 0 bridgehead atoms. The Morgan fingerprint density at radius 3 is 2.56 bits per heavy atom. The Morgan fingerprint density at radius 2 is 1.92 bits per heavy atom. The molecule has 130 valence electrons. The lowest BCUT2D eigenvalue weighted by Crippen LogP contribution is -2.34. The number of phenolic OH excluding ortho intramolecular Hbond substituents is 1. The molecule has 2 rings (SSSR count). The number of amides is 1. The molecule has 0 unspecified atom stereocenters. The fraction of sp³-hybridized carbons (Fsp3) is 0.176. The van der Waals surface area contributed by atoms with E-state index in [2.05, 4.69) is 10.6 Å². The minimum atomic E-state index is -0.567. The van der Waals surface area contributed by atoms with E-state index in [4.69, 9.17) is 12.2 Å². The first-order valence-corrected chi connectivity index (χ1v) is 7.78. The molecule has 0 spiro atoms. The van der Waals surface area contributed by atoms with Gasteiger partial charge < -0.3 is 10.4 Å². The number of rotatable bonds is 3. The fourth-order valence-electron chi connectivity index (χ4n) is 2.45. The van der Waals surface area contributed by atoms with Crippen molar-refractivity contribution in [1.82, 2.24) is 5.32 Å². The SMILES string of the molecule is Cc1cc(C)c(O)c(NC(=S)NC(=O)c2cccc([N+](=O)[O-])c2C)c1. The van der Waals surface area contributed by atoms with Crippen LogP contribution in [0.1, 0.15) is 27.0 Å². The number of benzene rings is 2. The van der Waals surface area contributed by atoms with Crippen molar-refractivity contribution in [3.63, 3.8) is 0 Å². The third kappa shape index (κ3) is 4.10. The Kier molecular flexibility index (Phi) is 5.33. The van der Waals surface area contributed by atoms with Crippen molar-refractivity contribution >= 4 is 34.6 Å². The number of hydrogen-bond donors (Lipinski definition) is 3. The van der Waals surface area contributed by atoms with Crippen LogP contribution >= 0.6 is 12.2 Å². The van der Waals surface area contributed by atoms with Gasteiger partial charge in [0.15, 0.2) is 5.11 Å². The number of aromatic hydroxyl groups is 1. The van der Waals surface area contributed by atoms with Gasteiger partial charge in [0.2, 0.25) is 0 Å². The maximum Gasteiger partial charge on any atom is 0.273 e. The van der Waals surface area contributed by atoms with E-state index in [0.29, 0.717) is 11.3 Å². The number of nitrogens with zero attached hydrogens (tertiary/aromatic N) is 1. The molecule has 2 aromatic rings. The van der Waals surface area contributed by atoms with E-state index in [1.165, 1.54) is 25.1 Å². The molecular weight excluding hydrogens is 342 g/mol. The van der Waals surface area contributed by atoms with Gasteiger partial charge in [0.1, 0.15) is 5.75 Å². The molecule has 7 nitrogen and oxygen atoms in total. The smallest absolute Gasteiger partial charge is 0.273 e. The summed E-state index contributed by atoms with van der Waals surface area (Å²) in [5, 5.41) is 26.2. The number of nitro benzene ring substituents is 1. The van der Waals surface area contributed by atoms with E-state index in [9.17, 15) is 20.0 Å². The zero-order valence-electron chi connectivity index (χ0n) is 13.9. The topological polar surface area (TPSA) is 104 Å². The van der Waals surface area contributed by atoms with Gasteiger partial charge in [0.05, 0.1) is 10.6 Å². The van der Waals surface area contributed by atoms with Crippen LogP contribution in [0.15, 0.2) is 30.3 Å². The number of phenols is 1. The lowest BCUT2D eigenvalue weighted by atomic mass is 10.1. The number of nitro groups is 1. The second-order valence-electron chi connectivity index (χ2n) is 5.59. The summed E-state index contributed by atoms with van der Waals surface area (Å²) in [4.78, 5) is 22.8. The van der Waals surface area contributed by atoms with E-state index >= 15 is 0 Å². The van der Waals surface area contributed by atoms with Crippen molar-refractivity contribution in [2.75, 3.05) is 5.32 Å². The zero-order valence-corrected chi connectivity index (χ0v) is 14.7. The van der Waals surface area contributed by atoms with Crippen LogP contribution in [0.25, 0.3) is 0 Å². The maximum absolute atomic E-state index is 12.3. The number of hydrogen-bond acceptors (Lipinski definition) is 5. The number of aryl methyl sites for hydroxylation is 2. The lowest BCUT2D eigenvalue weighted by Gasteiger charge is -2.13. The van der Waals surface area contributed by atoms with Crippen LogP contribution in [0, 0.1) is 30.9 Å². The molecule has 2 aromatic carbocycles. The molecule has 0 fully saturated rings. The molecule has 0 aliphatic carbocycles. The van der Waals surface area contributed by atoms with Crippen molar-refractivity contribution < 1.29 is 14.8 Å². The van der Waals surface area contributed by atoms with Crippen LogP contribution in [0.5, 0.6) is 5.75 Å². The third-order valence-electron chi connectivity index (χ3n) is 3.67. The van der Waals surface area contributed by atoms with Gasteiger partial charge in [-0.3, -0.25) is 20.2 Å². The number of anilines is 1. The molecule has 0 aliphatic rings. The van der Waals surface area contributed by atoms with Crippen LogP contribution in [0.3, 0.4) is 0 Å². The summed E-state index contributed by atoms with van der Waals surface area (Å²) in [5.74, 6) is -0.531. The van der Waals surface area contributed by atoms with Crippen molar-refractivity contribution in [1.29, 1.82) is 0 Å². The molecule has 3 N–H and O–H groups in total. The number of nitrogens with one attached hydrogen (secondary N) is 2. The van der Waals surface area contributed by atoms with Crippen molar-refractivity contribution in [3.8, 4) is 5.75 Å². The first kappa shape index (κ1) is 18.3. The van der Waals surface area contributed by atoms with Gasteiger partial charge in [-0.2, -0.15) is 0 Å². The number of carbonyl (C=O) groups is 1. The van der Waals surface area contributed by atoms with Crippen LogP contribution in [-0.2, 0) is 0 Å². The molecule has 0 aliphatic heterocycles. The molecule has 0 saturated carbocycles. The minimum Gasteiger partial charge on any atom is -0.505 e. The molecule has 8 heteroatoms. The largest absolute Gasteiger partial charge is 0.505 e. The van der Waals surface area contributed by atoms with E-state index in [1.807, 2.05) is 13.0 Å². The Morgan fingerprint density at radius 1 is 1.24 bits per heavy atom. The summed E-state index contributed by atoms with van der Waals surface area (Å²) in [7, 11) is 0. The van der Waals surface area contributed by atoms with Gasteiger partial charge in [-0.15, -0.1) is 0 Å². The highest BCUT2D eigenvalue weighted by atomic mass is 32.1. The molecule has 0 saturated heterocycles. The average Bonchev–Trinajstić information content (AvgIpc) is 2.51. The highest BCUT2D eigenvalue weighted by molar-refractivity contribution is 7.80. The molecule has 0 aromatic heterocycles. The summed E-state index contributed by atoms with van der Waals surface area (Å²) in [6.45, 7) is 5.12. The molecule has 0 heterocycles. The van der Waals surface area contributed by atoms with Crippen molar-refractivity contribution in [2.24, 2.45) is 0 Å². The van der Waals surface area contributed by atoms with E-state index in [1.54, 1.807) is 13.0 Å². The highest BCUT2D eigenvalue weighted by Gasteiger charge is 2.19. The quantitative estimate of drug-likeness (QED) is 0.336. The van der Waals surface area contributed by atoms with Crippen molar-refractivity contribution in [2.45, 2.75) is 20.8 Å². The monoisotopic (exact) mass is 359 g/mol. The number of carbonyl (C=O) groups excluding carboxylic acids is 1. The summed E-state index contributed by atoms with van der Waals surface area (Å²) in [6, 6.07) is 7.76. The van der Waals surface area contributed by atoms with E-state index in [-0.39, 0.29) is 27.7 Å². The van der Waals surface area contributed by atoms with Crippen LogP contribution in [-0.4, -0.2) is 21.0 Å². The second-order valence-corrected chi connectivity index (χ2v) is 6.00. The van der Waals surface area contributed by atoms with Crippen LogP contribution in [0.2, 0.25) is 0 Å². The van der Waals surface area contributed by atoms with E-state index in [0.717, 1.165) is 5.56 Å². The molecule has 1 amide bonds. The Hall–Kier alpha value is -3.00. The summed E-state index contributed by atoms with van der Waals surface area (Å²) < 4.78 is 0. The molecule has 25 heavy (non-hydrogen) atoms. The first-order chi connectivity index (χ1) is 11.7. The number of thiocarbonyl (C=S) groups is 1. The molecular formula is C17H17N3O4S. The Bertz CT molecular complexity index is 880. The van der Waals surface area contributed by atoms with Crippen LogP contribution < -0.4 is 10.6 Å². The van der Waals surface area contributed by atoms with Gasteiger partial charge in [-0.05, 0) is 56.2 Å². The predicted octanol–water partition coefficient (Wildman–Crippen LogP) is 3.35. The van der Waals surface area contributed by atoms with Crippen LogP contribution in [0.4, 0.5) is 11.4 Å². The predicted molar refractivity (Wildman–Crippen MR) is 99.1 cm³/mol. The second kappa shape index (κ2) is 7.27. The Balaban J connectivity index is 2.18. The zero-order chi connectivity index (χ0) is 18.7. The summed E-state index contributed by atoms with van der Waals surface area (Å²) in [5.41, 5.74) is 2.23. The molecule has 0 radical (unpaired) electrons. The average molecular weight is 359 g/mol. The summed E-state index contributed by atoms with van der Waals surface area (Å²) >= 11 is 5.10. The normalized spacial score (nSPS) is 10.2. The highest BCUT2D eigenvalue weighted by Crippen LogP contribution is 2.28. The standard InChI is InChI=1S/C17H17N3O4S/c1-9-7-10(2)15(21)13(8-9)18-17(25)19-16(22)12-5-4-6-14(11(12)3)20(23)24/h4-8,21H,1-3H3,(H2,18,19,22,25). The Labute approximate surface area is 149 Å². The lowest BCUT2D eigenvalue weighted by molar-refractivity contribution is -0.385. The first-order valence-electron chi connectivity index (χ1n) is 7.37. The third-order valence-corrected chi connectivity index (χ3v) is 3.87. The summed E-state index contributed by atoms with van der Waals surface area (Å²) in [6.07, 6.45) is 0. The van der Waals surface area contributed by atoms with Gasteiger partial charge >= 0.3 is 0 Å². The van der Waals surface area contributed by atoms with Gasteiger partial charge in [-0.1, -0.05) is 12.1 Å². The fourth-order valence-corrected chi connectivity index (χ4v) is 2.65. The van der Waals surface area contributed by atoms with Gasteiger partial charge in [0.25, 0.3) is 11.6 Å². The minimum absolute atomic E-state index is 0.0174. The maximum atomic E-state index is 12.3.